The Morgan fingerprint density at radius 3 is 3.10 bits per heavy atom. The van der Waals surface area contributed by atoms with E-state index in [0.717, 1.165) is 23.0 Å². The molecule has 1 aromatic heterocycles. The highest BCUT2D eigenvalue weighted by atomic mass is 32.2. The standard InChI is InChI=1S/C6H6N2S2/c1-3-10-8-5(1)6-7-2-4-9-6/h1,3H,2,4H2. The van der Waals surface area contributed by atoms with E-state index in [1.807, 2.05) is 11.4 Å². The minimum Gasteiger partial charge on any atom is -0.275 e. The molecule has 2 rings (SSSR count). The van der Waals surface area contributed by atoms with Crippen molar-refractivity contribution in [1.82, 2.24) is 4.37 Å². The number of nitrogens with zero attached hydrogens (tertiary/aromatic N) is 2. The molecule has 10 heavy (non-hydrogen) atoms. The molecule has 1 aliphatic rings. The first-order valence-corrected chi connectivity index (χ1v) is 4.87. The molecule has 1 aliphatic heterocycles. The predicted molar refractivity (Wildman–Crippen MR) is 46.0 cm³/mol. The number of hydrogen-bond donors (Lipinski definition) is 0. The van der Waals surface area contributed by atoms with Crippen molar-refractivity contribution in [3.63, 3.8) is 0 Å². The molecule has 2 nitrogen and oxygen atoms in total. The molecule has 0 unspecified atom stereocenters. The van der Waals surface area contributed by atoms with Gasteiger partial charge in [-0.15, -0.1) is 11.8 Å². The SMILES string of the molecule is c1cc(C2=NCCS2)ns1. The number of hydrogen-bond acceptors (Lipinski definition) is 4. The van der Waals surface area contributed by atoms with Crippen molar-refractivity contribution in [1.29, 1.82) is 0 Å². The number of rotatable bonds is 1. The van der Waals surface area contributed by atoms with Crippen LogP contribution in [0.5, 0.6) is 0 Å². The van der Waals surface area contributed by atoms with E-state index >= 15 is 0 Å². The normalized spacial score (nSPS) is 17.4. The lowest BCUT2D eigenvalue weighted by molar-refractivity contribution is 1.17. The number of thioether (sulfide) groups is 1. The minimum atomic E-state index is 0.956. The van der Waals surface area contributed by atoms with Crippen LogP contribution in [0.2, 0.25) is 0 Å². The molecule has 0 atom stereocenters. The zero-order valence-corrected chi connectivity index (χ0v) is 6.91. The van der Waals surface area contributed by atoms with Gasteiger partial charge in [-0.25, -0.2) is 0 Å². The van der Waals surface area contributed by atoms with Gasteiger partial charge in [0.15, 0.2) is 0 Å². The fourth-order valence-corrected chi connectivity index (χ4v) is 2.20. The Kier molecular flexibility index (Phi) is 1.73. The Morgan fingerprint density at radius 2 is 2.50 bits per heavy atom. The molecule has 0 aromatic carbocycles. The van der Waals surface area contributed by atoms with Gasteiger partial charge in [0.2, 0.25) is 0 Å². The lowest BCUT2D eigenvalue weighted by Gasteiger charge is -1.88. The molecular weight excluding hydrogens is 164 g/mol. The second kappa shape index (κ2) is 2.72. The monoisotopic (exact) mass is 170 g/mol. The van der Waals surface area contributed by atoms with Gasteiger partial charge in [0.05, 0.1) is 0 Å². The van der Waals surface area contributed by atoms with Crippen molar-refractivity contribution in [2.45, 2.75) is 0 Å². The third kappa shape index (κ3) is 1.09. The molecular formula is C6H6N2S2. The maximum absolute atomic E-state index is 4.30. The van der Waals surface area contributed by atoms with Crippen LogP contribution in [-0.4, -0.2) is 21.7 Å². The summed E-state index contributed by atoms with van der Waals surface area (Å²) in [6, 6.07) is 2.02. The number of aromatic nitrogens is 1. The molecule has 4 heteroatoms. The summed E-state index contributed by atoms with van der Waals surface area (Å²) in [6.07, 6.45) is 0. The van der Waals surface area contributed by atoms with Crippen molar-refractivity contribution in [2.24, 2.45) is 4.99 Å². The fraction of sp³-hybridized carbons (Fsp3) is 0.333. The summed E-state index contributed by atoms with van der Waals surface area (Å²) in [5, 5.41) is 3.10. The summed E-state index contributed by atoms with van der Waals surface area (Å²) >= 11 is 3.28. The lowest BCUT2D eigenvalue weighted by Crippen LogP contribution is -1.89. The Labute approximate surface area is 67.5 Å². The van der Waals surface area contributed by atoms with E-state index in [-0.39, 0.29) is 0 Å². The van der Waals surface area contributed by atoms with Crippen molar-refractivity contribution >= 4 is 28.3 Å². The highest BCUT2D eigenvalue weighted by Gasteiger charge is 2.10. The molecule has 2 heterocycles. The third-order valence-electron chi connectivity index (χ3n) is 1.24. The Bertz CT molecular complexity index is 240. The zero-order chi connectivity index (χ0) is 6.81. The molecule has 52 valence electrons. The summed E-state index contributed by atoms with van der Waals surface area (Å²) in [4.78, 5) is 4.30. The molecule has 0 amide bonds. The Morgan fingerprint density at radius 1 is 1.50 bits per heavy atom. The first-order valence-electron chi connectivity index (χ1n) is 3.05. The van der Waals surface area contributed by atoms with Crippen LogP contribution in [0.1, 0.15) is 5.69 Å². The summed E-state index contributed by atoms with van der Waals surface area (Å²) in [6.45, 7) is 0.956. The van der Waals surface area contributed by atoms with Crippen molar-refractivity contribution in [3.8, 4) is 0 Å². The first kappa shape index (κ1) is 6.37. The zero-order valence-electron chi connectivity index (χ0n) is 5.28. The third-order valence-corrected chi connectivity index (χ3v) is 2.80. The smallest absolute Gasteiger partial charge is 0.117 e. The van der Waals surface area contributed by atoms with Gasteiger partial charge in [0.25, 0.3) is 0 Å². The number of aliphatic imine (C=N–C) groups is 1. The van der Waals surface area contributed by atoms with Gasteiger partial charge in [0.1, 0.15) is 10.7 Å². The molecule has 0 saturated carbocycles. The van der Waals surface area contributed by atoms with Gasteiger partial charge in [-0.1, -0.05) is 0 Å². The molecule has 0 aliphatic carbocycles. The van der Waals surface area contributed by atoms with Crippen LogP contribution in [0.25, 0.3) is 0 Å². The fourth-order valence-electron chi connectivity index (χ4n) is 0.813. The topological polar surface area (TPSA) is 25.2 Å². The van der Waals surface area contributed by atoms with E-state index in [4.69, 9.17) is 0 Å². The van der Waals surface area contributed by atoms with Crippen LogP contribution in [0, 0.1) is 0 Å². The van der Waals surface area contributed by atoms with Crippen LogP contribution in [0.15, 0.2) is 16.4 Å². The average molecular weight is 170 g/mol. The maximum atomic E-state index is 4.30. The molecule has 0 fully saturated rings. The summed E-state index contributed by atoms with van der Waals surface area (Å²) in [5.74, 6) is 1.12. The van der Waals surface area contributed by atoms with Crippen molar-refractivity contribution < 1.29 is 0 Å². The van der Waals surface area contributed by atoms with Crippen molar-refractivity contribution in [2.75, 3.05) is 12.3 Å². The second-order valence-electron chi connectivity index (χ2n) is 1.92. The summed E-state index contributed by atoms with van der Waals surface area (Å²) < 4.78 is 4.19. The minimum absolute atomic E-state index is 0.956. The maximum Gasteiger partial charge on any atom is 0.117 e. The predicted octanol–water partition coefficient (Wildman–Crippen LogP) is 1.64. The van der Waals surface area contributed by atoms with E-state index < -0.39 is 0 Å². The van der Waals surface area contributed by atoms with Gasteiger partial charge in [-0.05, 0) is 17.6 Å². The van der Waals surface area contributed by atoms with Gasteiger partial charge < -0.3 is 0 Å². The molecule has 0 bridgehead atoms. The Hall–Kier alpha value is -0.350. The van der Waals surface area contributed by atoms with Crippen LogP contribution in [0.3, 0.4) is 0 Å². The van der Waals surface area contributed by atoms with Gasteiger partial charge >= 0.3 is 0 Å². The first-order chi connectivity index (χ1) is 4.97. The molecule has 0 radical (unpaired) electrons. The summed E-state index contributed by atoms with van der Waals surface area (Å²) in [7, 11) is 0. The van der Waals surface area contributed by atoms with Gasteiger partial charge in [-0.3, -0.25) is 4.99 Å². The Balaban J connectivity index is 2.28. The molecule has 1 aromatic rings. The largest absolute Gasteiger partial charge is 0.275 e. The summed E-state index contributed by atoms with van der Waals surface area (Å²) in [5.41, 5.74) is 1.05. The molecule has 0 saturated heterocycles. The van der Waals surface area contributed by atoms with E-state index in [0.29, 0.717) is 0 Å². The van der Waals surface area contributed by atoms with Gasteiger partial charge in [0, 0.05) is 17.7 Å². The highest BCUT2D eigenvalue weighted by Crippen LogP contribution is 2.17. The second-order valence-corrected chi connectivity index (χ2v) is 3.67. The van der Waals surface area contributed by atoms with E-state index in [1.54, 1.807) is 11.8 Å². The van der Waals surface area contributed by atoms with Gasteiger partial charge in [-0.2, -0.15) is 4.37 Å². The van der Waals surface area contributed by atoms with Crippen LogP contribution >= 0.6 is 23.3 Å². The highest BCUT2D eigenvalue weighted by molar-refractivity contribution is 8.14. The average Bonchev–Trinajstić information content (AvgIpc) is 2.59. The molecule has 0 N–H and O–H groups in total. The van der Waals surface area contributed by atoms with Crippen LogP contribution in [-0.2, 0) is 0 Å². The quantitative estimate of drug-likeness (QED) is 0.640. The van der Waals surface area contributed by atoms with E-state index in [1.165, 1.54) is 11.5 Å². The van der Waals surface area contributed by atoms with Crippen LogP contribution in [0.4, 0.5) is 0 Å². The van der Waals surface area contributed by atoms with E-state index in [2.05, 4.69) is 9.37 Å². The van der Waals surface area contributed by atoms with Crippen molar-refractivity contribution in [3.05, 3.63) is 17.1 Å². The molecule has 0 spiro atoms. The van der Waals surface area contributed by atoms with Crippen LogP contribution < -0.4 is 0 Å². The lowest BCUT2D eigenvalue weighted by atomic mass is 10.5. The van der Waals surface area contributed by atoms with E-state index in [9.17, 15) is 0 Å².